The van der Waals surface area contributed by atoms with Gasteiger partial charge in [0.15, 0.2) is 4.32 Å². The average molecular weight is 415 g/mol. The lowest BCUT2D eigenvalue weighted by Crippen LogP contribution is -2.44. The van der Waals surface area contributed by atoms with Crippen molar-refractivity contribution in [3.05, 3.63) is 64.1 Å². The Bertz CT molecular complexity index is 971. The lowest BCUT2D eigenvalue weighted by atomic mass is 10.1. The third-order valence-electron chi connectivity index (χ3n) is 4.05. The molecule has 6 nitrogen and oxygen atoms in total. The minimum atomic E-state index is -0.403. The van der Waals surface area contributed by atoms with Crippen LogP contribution in [-0.4, -0.2) is 35.4 Å². The molecule has 0 atom stereocenters. The van der Waals surface area contributed by atoms with E-state index in [0.29, 0.717) is 27.5 Å². The van der Waals surface area contributed by atoms with Crippen LogP contribution >= 0.6 is 24.0 Å². The number of thiocarbonyl (C=S) groups is 1. The van der Waals surface area contributed by atoms with E-state index in [1.54, 1.807) is 50.6 Å². The molecule has 1 aliphatic rings. The monoisotopic (exact) mass is 414 g/mol. The van der Waals surface area contributed by atoms with E-state index in [-0.39, 0.29) is 4.32 Å². The first-order chi connectivity index (χ1) is 13.4. The fraction of sp³-hybridized carbons (Fsp3) is 0.150. The summed E-state index contributed by atoms with van der Waals surface area (Å²) in [5, 5.41) is 1.09. The molecule has 144 valence electrons. The van der Waals surface area contributed by atoms with Crippen LogP contribution in [0.4, 0.5) is 0 Å². The Labute approximate surface area is 172 Å². The third kappa shape index (κ3) is 4.18. The smallest absolute Gasteiger partial charge is 0.285 e. The van der Waals surface area contributed by atoms with Crippen molar-refractivity contribution < 1.29 is 19.1 Å². The summed E-state index contributed by atoms with van der Waals surface area (Å²) >= 11 is 6.37. The number of thioether (sulfide) groups is 1. The van der Waals surface area contributed by atoms with Gasteiger partial charge in [-0.3, -0.25) is 15.0 Å². The van der Waals surface area contributed by atoms with Crippen molar-refractivity contribution in [1.29, 1.82) is 0 Å². The van der Waals surface area contributed by atoms with Gasteiger partial charge in [-0.25, -0.2) is 0 Å². The van der Waals surface area contributed by atoms with Crippen molar-refractivity contribution >= 4 is 46.2 Å². The molecule has 2 amide bonds. The van der Waals surface area contributed by atoms with E-state index in [1.165, 1.54) is 0 Å². The molecule has 2 aromatic carbocycles. The molecule has 1 aliphatic heterocycles. The maximum absolute atomic E-state index is 12.7. The van der Waals surface area contributed by atoms with Gasteiger partial charge in [-0.2, -0.15) is 5.01 Å². The van der Waals surface area contributed by atoms with Crippen molar-refractivity contribution in [3.63, 3.8) is 0 Å². The average Bonchev–Trinajstić information content (AvgIpc) is 2.96. The molecule has 2 aromatic rings. The molecule has 0 spiro atoms. The molecular weight excluding hydrogens is 396 g/mol. The minimum absolute atomic E-state index is 0.254. The standard InChI is InChI=1S/C20H18N2O4S2/c1-12-4-6-13(7-5-12)18(23)21-22-19(24)17(28-20(22)27)10-14-8-9-15(25-2)11-16(14)26-3/h4-11H,1-3H3,(H,21,23)/b17-10-. The fourth-order valence-electron chi connectivity index (χ4n) is 2.51. The topological polar surface area (TPSA) is 67.9 Å². The number of nitrogens with zero attached hydrogens (tertiary/aromatic N) is 1. The second-order valence-corrected chi connectivity index (χ2v) is 7.61. The van der Waals surface area contributed by atoms with E-state index < -0.39 is 11.8 Å². The maximum Gasteiger partial charge on any atom is 0.285 e. The van der Waals surface area contributed by atoms with Crippen molar-refractivity contribution in [3.8, 4) is 11.5 Å². The Balaban J connectivity index is 1.80. The van der Waals surface area contributed by atoms with Crippen LogP contribution in [0.2, 0.25) is 0 Å². The number of ether oxygens (including phenoxy) is 2. The molecule has 0 radical (unpaired) electrons. The molecule has 0 saturated carbocycles. The number of rotatable bonds is 5. The van der Waals surface area contributed by atoms with Crippen LogP contribution < -0.4 is 14.9 Å². The van der Waals surface area contributed by atoms with Crippen LogP contribution in [0, 0.1) is 6.92 Å². The molecule has 0 aliphatic carbocycles. The van der Waals surface area contributed by atoms with Gasteiger partial charge in [0, 0.05) is 17.2 Å². The van der Waals surface area contributed by atoms with Gasteiger partial charge in [-0.15, -0.1) is 0 Å². The Morgan fingerprint density at radius 3 is 2.50 bits per heavy atom. The summed E-state index contributed by atoms with van der Waals surface area (Å²) in [6.07, 6.45) is 1.68. The summed E-state index contributed by atoms with van der Waals surface area (Å²) in [7, 11) is 3.11. The highest BCUT2D eigenvalue weighted by Gasteiger charge is 2.34. The van der Waals surface area contributed by atoms with E-state index in [9.17, 15) is 9.59 Å². The molecule has 1 fully saturated rings. The molecule has 1 N–H and O–H groups in total. The number of methoxy groups -OCH3 is 2. The molecule has 0 bridgehead atoms. The Morgan fingerprint density at radius 2 is 1.86 bits per heavy atom. The van der Waals surface area contributed by atoms with Crippen molar-refractivity contribution in [2.24, 2.45) is 0 Å². The summed E-state index contributed by atoms with van der Waals surface area (Å²) in [5.74, 6) is 0.410. The molecule has 0 unspecified atom stereocenters. The third-order valence-corrected chi connectivity index (χ3v) is 5.35. The lowest BCUT2D eigenvalue weighted by molar-refractivity contribution is -0.123. The minimum Gasteiger partial charge on any atom is -0.497 e. The van der Waals surface area contributed by atoms with Crippen LogP contribution in [0.1, 0.15) is 21.5 Å². The highest BCUT2D eigenvalue weighted by Crippen LogP contribution is 2.34. The second kappa shape index (κ2) is 8.45. The maximum atomic E-state index is 12.7. The number of hydrazine groups is 1. The predicted molar refractivity (Wildman–Crippen MR) is 113 cm³/mol. The van der Waals surface area contributed by atoms with Crippen LogP contribution in [0.25, 0.3) is 6.08 Å². The summed E-state index contributed by atoms with van der Waals surface area (Å²) in [4.78, 5) is 25.5. The second-order valence-electron chi connectivity index (χ2n) is 5.93. The van der Waals surface area contributed by atoms with Gasteiger partial charge in [0.1, 0.15) is 11.5 Å². The van der Waals surface area contributed by atoms with E-state index in [1.807, 2.05) is 19.1 Å². The number of carbonyl (C=O) groups is 2. The summed E-state index contributed by atoms with van der Waals surface area (Å²) in [5.41, 5.74) is 4.76. The van der Waals surface area contributed by atoms with Crippen LogP contribution in [0.5, 0.6) is 11.5 Å². The SMILES string of the molecule is COc1ccc(/C=C2\SC(=S)N(NC(=O)c3ccc(C)cc3)C2=O)c(OC)c1. The van der Waals surface area contributed by atoms with Crippen LogP contribution in [0.15, 0.2) is 47.4 Å². The first-order valence-electron chi connectivity index (χ1n) is 8.30. The Morgan fingerprint density at radius 1 is 1.14 bits per heavy atom. The number of aryl methyl sites for hydroxylation is 1. The van der Waals surface area contributed by atoms with Gasteiger partial charge >= 0.3 is 0 Å². The quantitative estimate of drug-likeness (QED) is 0.596. The highest BCUT2D eigenvalue weighted by atomic mass is 32.2. The van der Waals surface area contributed by atoms with E-state index in [0.717, 1.165) is 22.3 Å². The number of benzene rings is 2. The largest absolute Gasteiger partial charge is 0.497 e. The molecule has 1 heterocycles. The zero-order valence-corrected chi connectivity index (χ0v) is 17.1. The van der Waals surface area contributed by atoms with Crippen molar-refractivity contribution in [1.82, 2.24) is 10.4 Å². The van der Waals surface area contributed by atoms with Crippen LogP contribution in [0.3, 0.4) is 0 Å². The fourth-order valence-corrected chi connectivity index (χ4v) is 3.68. The zero-order chi connectivity index (χ0) is 20.3. The first-order valence-corrected chi connectivity index (χ1v) is 9.53. The van der Waals surface area contributed by atoms with E-state index in [4.69, 9.17) is 21.7 Å². The summed E-state index contributed by atoms with van der Waals surface area (Å²) in [6.45, 7) is 1.93. The number of amides is 2. The van der Waals surface area contributed by atoms with Gasteiger partial charge in [0.2, 0.25) is 0 Å². The van der Waals surface area contributed by atoms with Gasteiger partial charge in [-0.05, 0) is 49.5 Å². The lowest BCUT2D eigenvalue weighted by Gasteiger charge is -2.15. The van der Waals surface area contributed by atoms with Gasteiger partial charge in [0.25, 0.3) is 11.8 Å². The predicted octanol–water partition coefficient (Wildman–Crippen LogP) is 3.56. The Hall–Kier alpha value is -2.84. The molecule has 0 aromatic heterocycles. The van der Waals surface area contributed by atoms with Crippen LogP contribution in [-0.2, 0) is 4.79 Å². The first kappa shape index (κ1) is 19.9. The summed E-state index contributed by atoms with van der Waals surface area (Å²) < 4.78 is 10.8. The van der Waals surface area contributed by atoms with E-state index in [2.05, 4.69) is 5.43 Å². The summed E-state index contributed by atoms with van der Waals surface area (Å²) in [6, 6.07) is 12.3. The normalized spacial score (nSPS) is 15.1. The van der Waals surface area contributed by atoms with Gasteiger partial charge < -0.3 is 9.47 Å². The van der Waals surface area contributed by atoms with Gasteiger partial charge in [-0.1, -0.05) is 29.5 Å². The Kier molecular flexibility index (Phi) is 6.01. The highest BCUT2D eigenvalue weighted by molar-refractivity contribution is 8.26. The van der Waals surface area contributed by atoms with Crippen molar-refractivity contribution in [2.75, 3.05) is 14.2 Å². The van der Waals surface area contributed by atoms with Crippen molar-refractivity contribution in [2.45, 2.75) is 6.92 Å². The molecule has 3 rings (SSSR count). The molecule has 1 saturated heterocycles. The number of hydrogen-bond donors (Lipinski definition) is 1. The van der Waals surface area contributed by atoms with E-state index >= 15 is 0 Å². The number of nitrogens with one attached hydrogen (secondary N) is 1. The molecule has 28 heavy (non-hydrogen) atoms. The van der Waals surface area contributed by atoms with Gasteiger partial charge in [0.05, 0.1) is 19.1 Å². The number of carbonyl (C=O) groups excluding carboxylic acids is 2. The zero-order valence-electron chi connectivity index (χ0n) is 15.5. The number of hydrogen-bond acceptors (Lipinski definition) is 6. The molecule has 8 heteroatoms. The molecular formula is C20H18N2O4S2.